The molecule has 38 heavy (non-hydrogen) atoms. The average molecular weight is 537 g/mol. The number of carbonyl (C=O) groups excluding carboxylic acids is 1. The molecule has 12 nitrogen and oxygen atoms in total. The Morgan fingerprint density at radius 3 is 2.74 bits per heavy atom. The first-order valence-corrected chi connectivity index (χ1v) is 12.0. The number of carbonyl (C=O) groups is 1. The van der Waals surface area contributed by atoms with Crippen LogP contribution in [0, 0.1) is 17.0 Å². The van der Waals surface area contributed by atoms with Gasteiger partial charge >= 0.3 is 5.82 Å². The van der Waals surface area contributed by atoms with Crippen molar-refractivity contribution >= 4 is 51.6 Å². The van der Waals surface area contributed by atoms with Crippen molar-refractivity contribution in [1.82, 2.24) is 24.5 Å². The van der Waals surface area contributed by atoms with Crippen LogP contribution in [0.1, 0.15) is 11.3 Å². The van der Waals surface area contributed by atoms with Gasteiger partial charge in [-0.05, 0) is 52.7 Å². The number of aryl methyl sites for hydroxylation is 2. The summed E-state index contributed by atoms with van der Waals surface area (Å²) in [6.45, 7) is 2.75. The molecular weight excluding hydrogens is 510 g/mol. The Hall–Kier alpha value is -4.42. The predicted octanol–water partition coefficient (Wildman–Crippen LogP) is 4.14. The van der Waals surface area contributed by atoms with E-state index in [1.807, 2.05) is 33.2 Å². The van der Waals surface area contributed by atoms with Crippen LogP contribution < -0.4 is 10.6 Å². The molecule has 0 spiro atoms. The van der Waals surface area contributed by atoms with Crippen LogP contribution in [0.2, 0.25) is 5.02 Å². The predicted molar refractivity (Wildman–Crippen MR) is 145 cm³/mol. The van der Waals surface area contributed by atoms with E-state index in [0.29, 0.717) is 50.8 Å². The topological polar surface area (TPSA) is 141 Å². The standard InChI is InChI=1S/C25H26ClN9O3/c1-16-10-17(7-8-19(16)26)31-24-18-11-22(27-12-20(18)28-14-29-24)32-23(36)6-5-9-35(3,4)13-21-25(34(37)38)30-15-33(21)2/h5-8,10-12,14-15H,9,13H2,1-4H3,(H-,27,28,29,31,32,36)/p+1/b6-5+. The molecule has 0 saturated heterocycles. The number of amides is 1. The van der Waals surface area contributed by atoms with Gasteiger partial charge in [0.15, 0.2) is 5.69 Å². The van der Waals surface area contributed by atoms with Gasteiger partial charge in [-0.25, -0.2) is 15.0 Å². The summed E-state index contributed by atoms with van der Waals surface area (Å²) in [5, 5.41) is 18.6. The van der Waals surface area contributed by atoms with Gasteiger partial charge in [-0.3, -0.25) is 4.79 Å². The summed E-state index contributed by atoms with van der Waals surface area (Å²) < 4.78 is 2.02. The van der Waals surface area contributed by atoms with E-state index >= 15 is 0 Å². The van der Waals surface area contributed by atoms with E-state index in [0.717, 1.165) is 11.3 Å². The minimum Gasteiger partial charge on any atom is -0.358 e. The lowest BCUT2D eigenvalue weighted by molar-refractivity contribution is -0.898. The van der Waals surface area contributed by atoms with Crippen molar-refractivity contribution in [3.63, 3.8) is 0 Å². The van der Waals surface area contributed by atoms with Crippen molar-refractivity contribution in [2.45, 2.75) is 13.5 Å². The molecule has 0 unspecified atom stereocenters. The number of hydrogen-bond acceptors (Lipinski definition) is 8. The summed E-state index contributed by atoms with van der Waals surface area (Å²) in [5.74, 6) is 0.389. The smallest absolute Gasteiger partial charge is 0.358 e. The number of benzene rings is 1. The molecule has 0 atom stereocenters. The number of nitrogens with zero attached hydrogens (tertiary/aromatic N) is 7. The molecule has 2 N–H and O–H groups in total. The highest BCUT2D eigenvalue weighted by Gasteiger charge is 2.26. The molecule has 4 aromatic rings. The minimum absolute atomic E-state index is 0.160. The summed E-state index contributed by atoms with van der Waals surface area (Å²) in [5.41, 5.74) is 2.87. The van der Waals surface area contributed by atoms with Crippen molar-refractivity contribution < 1.29 is 14.2 Å². The number of likely N-dealkylation sites (N-methyl/N-ethyl adjacent to an activating group) is 1. The number of rotatable bonds is 9. The molecule has 0 aliphatic carbocycles. The van der Waals surface area contributed by atoms with Gasteiger partial charge in [0, 0.05) is 29.2 Å². The Labute approximate surface area is 223 Å². The van der Waals surface area contributed by atoms with Gasteiger partial charge in [0.2, 0.25) is 12.2 Å². The second kappa shape index (κ2) is 10.9. The van der Waals surface area contributed by atoms with E-state index in [4.69, 9.17) is 11.6 Å². The Kier molecular flexibility index (Phi) is 7.65. The van der Waals surface area contributed by atoms with Crippen molar-refractivity contribution in [2.75, 3.05) is 31.3 Å². The number of quaternary nitrogens is 1. The molecule has 0 aliphatic heterocycles. The van der Waals surface area contributed by atoms with Crippen LogP contribution in [0.25, 0.3) is 10.9 Å². The molecule has 0 radical (unpaired) electrons. The Bertz CT molecular complexity index is 1550. The fourth-order valence-corrected chi connectivity index (χ4v) is 3.96. The number of nitro groups is 1. The molecule has 0 fully saturated rings. The molecule has 1 aromatic carbocycles. The third-order valence-corrected chi connectivity index (χ3v) is 6.27. The zero-order valence-electron chi connectivity index (χ0n) is 21.3. The maximum absolute atomic E-state index is 12.6. The molecule has 3 heterocycles. The fraction of sp³-hybridized carbons (Fsp3) is 0.240. The van der Waals surface area contributed by atoms with Crippen LogP contribution in [0.15, 0.2) is 55.3 Å². The second-order valence-corrected chi connectivity index (χ2v) is 9.86. The second-order valence-electron chi connectivity index (χ2n) is 9.45. The normalized spacial score (nSPS) is 11.7. The van der Waals surface area contributed by atoms with E-state index < -0.39 is 4.92 Å². The van der Waals surface area contributed by atoms with Gasteiger partial charge in [-0.15, -0.1) is 0 Å². The van der Waals surface area contributed by atoms with Crippen molar-refractivity contribution in [1.29, 1.82) is 0 Å². The van der Waals surface area contributed by atoms with Gasteiger partial charge in [0.05, 0.1) is 32.4 Å². The summed E-state index contributed by atoms with van der Waals surface area (Å²) in [6.07, 6.45) is 7.57. The summed E-state index contributed by atoms with van der Waals surface area (Å²) >= 11 is 6.13. The van der Waals surface area contributed by atoms with Crippen LogP contribution in [0.5, 0.6) is 0 Å². The number of nitrogens with one attached hydrogen (secondary N) is 2. The quantitative estimate of drug-likeness (QED) is 0.141. The number of halogens is 1. The number of pyridine rings is 1. The first-order valence-electron chi connectivity index (χ1n) is 11.6. The van der Waals surface area contributed by atoms with Crippen LogP contribution in [-0.2, 0) is 18.4 Å². The molecule has 1 amide bonds. The highest BCUT2D eigenvalue weighted by atomic mass is 35.5. The molecule has 196 valence electrons. The number of imidazole rings is 1. The van der Waals surface area contributed by atoms with Crippen LogP contribution in [0.4, 0.5) is 23.1 Å². The number of fused-ring (bicyclic) bond motifs is 1. The van der Waals surface area contributed by atoms with E-state index in [9.17, 15) is 14.9 Å². The number of aromatic nitrogens is 5. The van der Waals surface area contributed by atoms with Crippen LogP contribution in [0.3, 0.4) is 0 Å². The van der Waals surface area contributed by atoms with Crippen LogP contribution in [-0.4, -0.2) is 60.5 Å². The fourth-order valence-electron chi connectivity index (χ4n) is 3.85. The van der Waals surface area contributed by atoms with Crippen molar-refractivity contribution in [3.8, 4) is 0 Å². The lowest BCUT2D eigenvalue weighted by atomic mass is 10.2. The van der Waals surface area contributed by atoms with Gasteiger partial charge in [-0.2, -0.15) is 0 Å². The van der Waals surface area contributed by atoms with Gasteiger partial charge in [0.1, 0.15) is 24.5 Å². The van der Waals surface area contributed by atoms with E-state index in [1.54, 1.807) is 36.0 Å². The molecular formula is C25H27ClN9O3+. The zero-order valence-corrected chi connectivity index (χ0v) is 22.1. The van der Waals surface area contributed by atoms with E-state index in [2.05, 4.69) is 30.6 Å². The molecule has 13 heteroatoms. The molecule has 0 aliphatic rings. The molecule has 4 rings (SSSR count). The van der Waals surface area contributed by atoms with Gasteiger partial charge in [0.25, 0.3) is 0 Å². The van der Waals surface area contributed by atoms with E-state index in [-0.39, 0.29) is 11.7 Å². The Balaban J connectivity index is 1.44. The SMILES string of the molecule is Cc1cc(Nc2ncnc3cnc(NC(=O)/C=C/C[N+](C)(C)Cc4c([N+](=O)[O-])ncn4C)cc23)ccc1Cl. The minimum atomic E-state index is -0.488. The summed E-state index contributed by atoms with van der Waals surface area (Å²) in [7, 11) is 5.55. The maximum Gasteiger partial charge on any atom is 0.390 e. The number of hydrogen-bond donors (Lipinski definition) is 2. The highest BCUT2D eigenvalue weighted by molar-refractivity contribution is 6.31. The average Bonchev–Trinajstić information content (AvgIpc) is 3.21. The van der Waals surface area contributed by atoms with Crippen molar-refractivity contribution in [3.05, 3.63) is 81.7 Å². The summed E-state index contributed by atoms with van der Waals surface area (Å²) in [4.78, 5) is 40.1. The van der Waals surface area contributed by atoms with Crippen LogP contribution >= 0.6 is 11.6 Å². The van der Waals surface area contributed by atoms with E-state index in [1.165, 1.54) is 18.7 Å². The Morgan fingerprint density at radius 2 is 2.00 bits per heavy atom. The Morgan fingerprint density at radius 1 is 1.21 bits per heavy atom. The van der Waals surface area contributed by atoms with Gasteiger partial charge < -0.3 is 29.8 Å². The lowest BCUT2D eigenvalue weighted by Crippen LogP contribution is -2.39. The summed E-state index contributed by atoms with van der Waals surface area (Å²) in [6, 6.07) is 7.27. The van der Waals surface area contributed by atoms with Gasteiger partial charge in [-0.1, -0.05) is 11.6 Å². The third-order valence-electron chi connectivity index (χ3n) is 5.85. The zero-order chi connectivity index (χ0) is 27.4. The largest absolute Gasteiger partial charge is 0.390 e. The lowest BCUT2D eigenvalue weighted by Gasteiger charge is -2.27. The molecule has 0 bridgehead atoms. The first kappa shape index (κ1) is 26.6. The highest BCUT2D eigenvalue weighted by Crippen LogP contribution is 2.27. The maximum atomic E-state index is 12.6. The molecule has 3 aromatic heterocycles. The monoisotopic (exact) mass is 536 g/mol. The first-order chi connectivity index (χ1) is 18.0. The third kappa shape index (κ3) is 6.28. The molecule has 0 saturated carbocycles. The number of anilines is 3. The van der Waals surface area contributed by atoms with Crippen molar-refractivity contribution in [2.24, 2.45) is 7.05 Å².